The molecule has 0 aliphatic heterocycles. The summed E-state index contributed by atoms with van der Waals surface area (Å²) in [7, 11) is 3.66. The van der Waals surface area contributed by atoms with E-state index in [-0.39, 0.29) is 11.6 Å². The van der Waals surface area contributed by atoms with E-state index < -0.39 is 0 Å². The Balaban J connectivity index is 1.71. The van der Waals surface area contributed by atoms with Crippen molar-refractivity contribution in [2.24, 2.45) is 14.1 Å². The second-order valence-corrected chi connectivity index (χ2v) is 8.89. The number of hydrogen-bond donors (Lipinski definition) is 1. The molecular formula is C24H25ClN8O. The fourth-order valence-electron chi connectivity index (χ4n) is 4.57. The minimum absolute atomic E-state index is 0.0391. The Morgan fingerprint density at radius 2 is 1.97 bits per heavy atom. The van der Waals surface area contributed by atoms with Crippen LogP contribution in [0.2, 0.25) is 5.15 Å². The Kier molecular flexibility index (Phi) is 5.36. The number of benzene rings is 1. The number of anilines is 1. The maximum Gasteiger partial charge on any atom is 0.259 e. The molecule has 1 atom stereocenters. The van der Waals surface area contributed by atoms with Gasteiger partial charge in [0.05, 0.1) is 11.9 Å². The van der Waals surface area contributed by atoms with Gasteiger partial charge in [-0.2, -0.15) is 5.10 Å². The van der Waals surface area contributed by atoms with Gasteiger partial charge in [-0.3, -0.25) is 9.36 Å². The Labute approximate surface area is 201 Å². The third-order valence-corrected chi connectivity index (χ3v) is 6.38. The summed E-state index contributed by atoms with van der Waals surface area (Å²) in [5.74, 6) is 0.604. The Bertz CT molecular complexity index is 1610. The minimum Gasteiger partial charge on any atom is -0.377 e. The molecule has 1 aromatic carbocycles. The zero-order valence-corrected chi connectivity index (χ0v) is 20.4. The summed E-state index contributed by atoms with van der Waals surface area (Å²) < 4.78 is 5.33. The third-order valence-electron chi connectivity index (χ3n) is 6.17. The first-order chi connectivity index (χ1) is 16.3. The maximum atomic E-state index is 13.3. The van der Waals surface area contributed by atoms with Crippen molar-refractivity contribution in [2.75, 3.05) is 5.32 Å². The predicted octanol–water partition coefficient (Wildman–Crippen LogP) is 4.23. The summed E-state index contributed by atoms with van der Waals surface area (Å²) >= 11 is 6.21. The smallest absolute Gasteiger partial charge is 0.259 e. The molecular weight excluding hydrogens is 452 g/mol. The third kappa shape index (κ3) is 3.43. The fraction of sp³-hybridized carbons (Fsp3) is 0.292. The summed E-state index contributed by atoms with van der Waals surface area (Å²) in [5, 5.41) is 19.2. The van der Waals surface area contributed by atoms with Crippen molar-refractivity contribution in [2.45, 2.75) is 33.4 Å². The molecule has 0 aliphatic carbocycles. The van der Waals surface area contributed by atoms with Crippen LogP contribution in [0.1, 0.15) is 31.0 Å². The van der Waals surface area contributed by atoms with Crippen LogP contribution in [0.3, 0.4) is 0 Å². The molecule has 4 aromatic heterocycles. The first-order valence-corrected chi connectivity index (χ1v) is 11.4. The lowest BCUT2D eigenvalue weighted by Gasteiger charge is -2.21. The van der Waals surface area contributed by atoms with Crippen LogP contribution in [0.25, 0.3) is 33.3 Å². The van der Waals surface area contributed by atoms with Crippen molar-refractivity contribution < 1.29 is 0 Å². The lowest BCUT2D eigenvalue weighted by Crippen LogP contribution is -2.20. The van der Waals surface area contributed by atoms with E-state index in [0.29, 0.717) is 28.6 Å². The van der Waals surface area contributed by atoms with E-state index in [2.05, 4.69) is 38.6 Å². The number of nitrogens with one attached hydrogen (secondary N) is 1. The summed E-state index contributed by atoms with van der Waals surface area (Å²) in [6, 6.07) is 7.54. The molecule has 1 N–H and O–H groups in total. The second kappa shape index (κ2) is 8.25. The van der Waals surface area contributed by atoms with Crippen molar-refractivity contribution in [3.63, 3.8) is 0 Å². The number of aromatic nitrogens is 7. The van der Waals surface area contributed by atoms with Gasteiger partial charge in [-0.25, -0.2) is 9.67 Å². The van der Waals surface area contributed by atoms with E-state index in [1.807, 2.05) is 43.9 Å². The fourth-order valence-corrected chi connectivity index (χ4v) is 4.72. The highest BCUT2D eigenvalue weighted by molar-refractivity contribution is 6.29. The number of halogens is 1. The summed E-state index contributed by atoms with van der Waals surface area (Å²) in [6.07, 6.45) is 3.47. The summed E-state index contributed by atoms with van der Waals surface area (Å²) in [5.41, 5.74) is 4.17. The zero-order chi connectivity index (χ0) is 24.1. The highest BCUT2D eigenvalue weighted by atomic mass is 35.5. The normalized spacial score (nSPS) is 12.5. The number of pyridine rings is 2. The molecule has 9 nitrogen and oxygen atoms in total. The topological polar surface area (TPSA) is 95.5 Å². The molecule has 5 aromatic rings. The largest absolute Gasteiger partial charge is 0.377 e. The quantitative estimate of drug-likeness (QED) is 0.381. The molecule has 0 amide bonds. The minimum atomic E-state index is -0.155. The van der Waals surface area contributed by atoms with Crippen LogP contribution in [0.15, 0.2) is 41.6 Å². The average Bonchev–Trinajstić information content (AvgIpc) is 3.44. The number of hydrogen-bond acceptors (Lipinski definition) is 6. The molecule has 0 aliphatic rings. The highest BCUT2D eigenvalue weighted by Crippen LogP contribution is 2.34. The summed E-state index contributed by atoms with van der Waals surface area (Å²) in [6.45, 7) is 6.76. The first kappa shape index (κ1) is 22.1. The molecule has 0 fully saturated rings. The highest BCUT2D eigenvalue weighted by Gasteiger charge is 2.21. The van der Waals surface area contributed by atoms with Crippen LogP contribution in [-0.2, 0) is 20.6 Å². The van der Waals surface area contributed by atoms with E-state index in [1.165, 1.54) is 0 Å². The van der Waals surface area contributed by atoms with E-state index >= 15 is 0 Å². The van der Waals surface area contributed by atoms with Gasteiger partial charge in [0, 0.05) is 42.8 Å². The van der Waals surface area contributed by atoms with Gasteiger partial charge in [-0.05, 0) is 50.1 Å². The van der Waals surface area contributed by atoms with Crippen LogP contribution in [0.5, 0.6) is 0 Å². The molecule has 0 saturated carbocycles. The van der Waals surface area contributed by atoms with Crippen molar-refractivity contribution in [3.05, 3.63) is 63.4 Å². The van der Waals surface area contributed by atoms with Crippen molar-refractivity contribution in [1.82, 2.24) is 34.1 Å². The molecule has 4 heterocycles. The van der Waals surface area contributed by atoms with Crippen molar-refractivity contribution in [3.8, 4) is 11.5 Å². The van der Waals surface area contributed by atoms with Gasteiger partial charge in [0.15, 0.2) is 5.82 Å². The molecule has 0 bridgehead atoms. The molecule has 10 heteroatoms. The van der Waals surface area contributed by atoms with Gasteiger partial charge in [0.25, 0.3) is 5.56 Å². The maximum absolute atomic E-state index is 13.3. The van der Waals surface area contributed by atoms with Crippen LogP contribution in [0, 0.1) is 6.92 Å². The van der Waals surface area contributed by atoms with Crippen molar-refractivity contribution in [1.29, 1.82) is 0 Å². The van der Waals surface area contributed by atoms with Crippen LogP contribution in [0.4, 0.5) is 5.69 Å². The number of nitrogens with zero attached hydrogens (tertiary/aromatic N) is 7. The zero-order valence-electron chi connectivity index (χ0n) is 19.7. The second-order valence-electron chi connectivity index (χ2n) is 8.50. The van der Waals surface area contributed by atoms with E-state index in [4.69, 9.17) is 11.6 Å². The SMILES string of the molecule is CCn1ncc2c3c(C(C)Nc4ccc(Cl)nc4-c4nncn4C)cc(C)cc3c(=O)n(C)c21. The molecule has 174 valence electrons. The molecule has 0 spiro atoms. The van der Waals surface area contributed by atoms with Crippen LogP contribution >= 0.6 is 11.6 Å². The monoisotopic (exact) mass is 476 g/mol. The predicted molar refractivity (Wildman–Crippen MR) is 134 cm³/mol. The van der Waals surface area contributed by atoms with Gasteiger partial charge in [-0.1, -0.05) is 17.7 Å². The number of rotatable bonds is 5. The van der Waals surface area contributed by atoms with Gasteiger partial charge in [0.2, 0.25) is 0 Å². The molecule has 1 unspecified atom stereocenters. The average molecular weight is 477 g/mol. The molecule has 34 heavy (non-hydrogen) atoms. The van der Waals surface area contributed by atoms with Crippen LogP contribution in [-0.4, -0.2) is 34.1 Å². The van der Waals surface area contributed by atoms with Gasteiger partial charge in [0.1, 0.15) is 22.8 Å². The molecule has 0 saturated heterocycles. The standard InChI is InChI=1S/C24H25ClN8O/c1-6-33-23-17(11-27-33)20-15(9-13(2)10-16(20)24(34)32(23)5)14(3)28-18-7-8-19(25)29-21(18)22-30-26-12-31(22)4/h7-12,14,28H,6H2,1-5H3. The van der Waals surface area contributed by atoms with E-state index in [0.717, 1.165) is 33.2 Å². The Hall–Kier alpha value is -3.72. The molecule has 0 radical (unpaired) electrons. The van der Waals surface area contributed by atoms with Gasteiger partial charge in [-0.15, -0.1) is 10.2 Å². The Morgan fingerprint density at radius 1 is 1.18 bits per heavy atom. The van der Waals surface area contributed by atoms with Crippen molar-refractivity contribution >= 4 is 39.1 Å². The van der Waals surface area contributed by atoms with Gasteiger partial charge < -0.3 is 9.88 Å². The van der Waals surface area contributed by atoms with Gasteiger partial charge >= 0.3 is 0 Å². The van der Waals surface area contributed by atoms with E-state index in [9.17, 15) is 4.79 Å². The lowest BCUT2D eigenvalue weighted by molar-refractivity contribution is 0.659. The molecule has 5 rings (SSSR count). The first-order valence-electron chi connectivity index (χ1n) is 11.1. The number of aryl methyl sites for hydroxylation is 4. The number of fused-ring (bicyclic) bond motifs is 3. The Morgan fingerprint density at radius 3 is 2.68 bits per heavy atom. The lowest BCUT2D eigenvalue weighted by atomic mass is 9.95. The van der Waals surface area contributed by atoms with E-state index in [1.54, 1.807) is 28.6 Å². The summed E-state index contributed by atoms with van der Waals surface area (Å²) in [4.78, 5) is 17.8. The van der Waals surface area contributed by atoms with Crippen LogP contribution < -0.4 is 10.9 Å².